The fourth-order valence-corrected chi connectivity index (χ4v) is 2.50. The highest BCUT2D eigenvalue weighted by atomic mass is 127. The largest absolute Gasteiger partial charge is 0.314 e. The lowest BCUT2D eigenvalue weighted by atomic mass is 10.1. The molecular weight excluding hydrogens is 253 g/mol. The van der Waals surface area contributed by atoms with Crippen LogP contribution in [0, 0.1) is 0 Å². The molecule has 0 saturated carbocycles. The molecule has 1 atom stereocenters. The van der Waals surface area contributed by atoms with Crippen LogP contribution < -0.4 is 5.32 Å². The molecule has 1 unspecified atom stereocenters. The van der Waals surface area contributed by atoms with Crippen LogP contribution in [0.2, 0.25) is 0 Å². The first kappa shape index (κ1) is 8.22. The molecule has 0 bridgehead atoms. The Bertz CT molecular complexity index is 142. The maximum Gasteiger partial charge on any atom is 0.0357 e. The van der Waals surface area contributed by atoms with Gasteiger partial charge in [0.2, 0.25) is 0 Å². The summed E-state index contributed by atoms with van der Waals surface area (Å²) in [6, 6.07) is 0.773. The van der Waals surface area contributed by atoms with Crippen LogP contribution in [0.4, 0.5) is 0 Å². The first-order valence-corrected chi connectivity index (χ1v) is 5.18. The molecule has 64 valence electrons. The van der Waals surface area contributed by atoms with Gasteiger partial charge >= 0.3 is 0 Å². The second-order valence-electron chi connectivity index (χ2n) is 3.26. The summed E-state index contributed by atoms with van der Waals surface area (Å²) in [7, 11) is 0. The first-order valence-electron chi connectivity index (χ1n) is 4.22. The summed E-state index contributed by atoms with van der Waals surface area (Å²) in [5, 5.41) is 3.43. The lowest BCUT2D eigenvalue weighted by Gasteiger charge is -2.42. The van der Waals surface area contributed by atoms with Crippen LogP contribution in [0.15, 0.2) is 0 Å². The normalized spacial score (nSPS) is 35.2. The van der Waals surface area contributed by atoms with E-state index in [1.54, 1.807) is 0 Å². The fraction of sp³-hybridized carbons (Fsp3) is 1.00. The summed E-state index contributed by atoms with van der Waals surface area (Å²) in [5.41, 5.74) is 0. The number of hydrogen-bond acceptors (Lipinski definition) is 3. The summed E-state index contributed by atoms with van der Waals surface area (Å²) < 4.78 is 2.39. The molecule has 0 radical (unpaired) electrons. The van der Waals surface area contributed by atoms with Crippen molar-refractivity contribution in [3.8, 4) is 0 Å². The predicted molar refractivity (Wildman–Crippen MR) is 53.8 cm³/mol. The SMILES string of the molecule is IN1CCN2CCNCC2C1. The third kappa shape index (κ3) is 1.85. The minimum atomic E-state index is 0.773. The number of fused-ring (bicyclic) bond motifs is 1. The molecule has 3 nitrogen and oxygen atoms in total. The van der Waals surface area contributed by atoms with Crippen LogP contribution in [-0.2, 0) is 0 Å². The zero-order valence-electron chi connectivity index (χ0n) is 6.59. The minimum Gasteiger partial charge on any atom is -0.314 e. The standard InChI is InChI=1S/C7H14IN3/c8-11-4-3-10-2-1-9-5-7(10)6-11/h7,9H,1-6H2. The Labute approximate surface area is 81.6 Å². The maximum atomic E-state index is 3.43. The van der Waals surface area contributed by atoms with E-state index in [9.17, 15) is 0 Å². The van der Waals surface area contributed by atoms with Gasteiger partial charge in [-0.15, -0.1) is 0 Å². The monoisotopic (exact) mass is 267 g/mol. The molecule has 2 saturated heterocycles. The average molecular weight is 267 g/mol. The van der Waals surface area contributed by atoms with Gasteiger partial charge in [0.15, 0.2) is 0 Å². The number of rotatable bonds is 0. The van der Waals surface area contributed by atoms with Crippen molar-refractivity contribution in [2.75, 3.05) is 39.3 Å². The van der Waals surface area contributed by atoms with Gasteiger partial charge in [-0.05, 0) is 0 Å². The number of halogens is 1. The van der Waals surface area contributed by atoms with Gasteiger partial charge in [-0.3, -0.25) is 4.90 Å². The molecule has 1 N–H and O–H groups in total. The lowest BCUT2D eigenvalue weighted by Crippen LogP contribution is -2.59. The molecule has 0 aliphatic carbocycles. The van der Waals surface area contributed by atoms with Crippen molar-refractivity contribution in [2.45, 2.75) is 6.04 Å². The van der Waals surface area contributed by atoms with E-state index in [4.69, 9.17) is 0 Å². The molecule has 0 aromatic heterocycles. The molecule has 2 fully saturated rings. The van der Waals surface area contributed by atoms with Gasteiger partial charge in [0.05, 0.1) is 0 Å². The van der Waals surface area contributed by atoms with Crippen molar-refractivity contribution < 1.29 is 0 Å². The van der Waals surface area contributed by atoms with Crippen LogP contribution >= 0.6 is 22.9 Å². The number of piperazine rings is 2. The van der Waals surface area contributed by atoms with E-state index in [-0.39, 0.29) is 0 Å². The summed E-state index contributed by atoms with van der Waals surface area (Å²) in [6.07, 6.45) is 0. The summed E-state index contributed by atoms with van der Waals surface area (Å²) >= 11 is 2.42. The second kappa shape index (κ2) is 3.55. The molecule has 2 aliphatic rings. The van der Waals surface area contributed by atoms with Crippen LogP contribution in [0.25, 0.3) is 0 Å². The van der Waals surface area contributed by atoms with E-state index < -0.39 is 0 Å². The van der Waals surface area contributed by atoms with E-state index in [1.807, 2.05) is 0 Å². The summed E-state index contributed by atoms with van der Waals surface area (Å²) in [4.78, 5) is 2.60. The minimum absolute atomic E-state index is 0.773. The van der Waals surface area contributed by atoms with E-state index in [2.05, 4.69) is 36.2 Å². The topological polar surface area (TPSA) is 18.5 Å². The third-order valence-electron chi connectivity index (χ3n) is 2.51. The molecule has 0 spiro atoms. The van der Waals surface area contributed by atoms with E-state index in [0.29, 0.717) is 0 Å². The fourth-order valence-electron chi connectivity index (χ4n) is 1.83. The number of nitrogens with one attached hydrogen (secondary N) is 1. The lowest BCUT2D eigenvalue weighted by molar-refractivity contribution is 0.107. The highest BCUT2D eigenvalue weighted by molar-refractivity contribution is 14.1. The highest BCUT2D eigenvalue weighted by Gasteiger charge is 2.27. The van der Waals surface area contributed by atoms with Crippen LogP contribution in [0.1, 0.15) is 0 Å². The maximum absolute atomic E-state index is 3.43. The van der Waals surface area contributed by atoms with Gasteiger partial charge in [-0.1, -0.05) is 0 Å². The van der Waals surface area contributed by atoms with Gasteiger partial charge in [0.25, 0.3) is 0 Å². The van der Waals surface area contributed by atoms with Crippen molar-refractivity contribution in [1.29, 1.82) is 0 Å². The van der Waals surface area contributed by atoms with Crippen molar-refractivity contribution in [2.24, 2.45) is 0 Å². The third-order valence-corrected chi connectivity index (χ3v) is 3.39. The van der Waals surface area contributed by atoms with E-state index >= 15 is 0 Å². The van der Waals surface area contributed by atoms with Gasteiger partial charge in [0, 0.05) is 68.2 Å². The van der Waals surface area contributed by atoms with Crippen LogP contribution in [-0.4, -0.2) is 53.3 Å². The number of hydrogen-bond donors (Lipinski definition) is 1. The van der Waals surface area contributed by atoms with Crippen LogP contribution in [0.3, 0.4) is 0 Å². The summed E-state index contributed by atoms with van der Waals surface area (Å²) in [5.74, 6) is 0. The highest BCUT2D eigenvalue weighted by Crippen LogP contribution is 2.13. The molecule has 0 aromatic carbocycles. The molecule has 0 amide bonds. The molecule has 2 rings (SSSR count). The van der Waals surface area contributed by atoms with Crippen molar-refractivity contribution in [3.63, 3.8) is 0 Å². The smallest absolute Gasteiger partial charge is 0.0357 e. The molecule has 4 heteroatoms. The Balaban J connectivity index is 1.93. The van der Waals surface area contributed by atoms with Gasteiger partial charge < -0.3 is 5.32 Å². The molecule has 2 heterocycles. The van der Waals surface area contributed by atoms with Gasteiger partial charge in [-0.25, -0.2) is 3.11 Å². The predicted octanol–water partition coefficient (Wildman–Crippen LogP) is -0.0742. The van der Waals surface area contributed by atoms with E-state index in [1.165, 1.54) is 39.3 Å². The quantitative estimate of drug-likeness (QED) is 0.489. The zero-order chi connectivity index (χ0) is 7.68. The molecule has 11 heavy (non-hydrogen) atoms. The molecular formula is C7H14IN3. The summed E-state index contributed by atoms with van der Waals surface area (Å²) in [6.45, 7) is 7.33. The molecule has 0 aromatic rings. The first-order chi connectivity index (χ1) is 5.36. The number of nitrogens with zero attached hydrogens (tertiary/aromatic N) is 2. The van der Waals surface area contributed by atoms with Crippen molar-refractivity contribution in [1.82, 2.24) is 13.3 Å². The van der Waals surface area contributed by atoms with Crippen LogP contribution in [0.5, 0.6) is 0 Å². The molecule has 2 aliphatic heterocycles. The Morgan fingerprint density at radius 1 is 1.27 bits per heavy atom. The van der Waals surface area contributed by atoms with Gasteiger partial charge in [0.1, 0.15) is 0 Å². The zero-order valence-corrected chi connectivity index (χ0v) is 8.75. The Hall–Kier alpha value is 0.610. The second-order valence-corrected chi connectivity index (χ2v) is 4.63. The van der Waals surface area contributed by atoms with E-state index in [0.717, 1.165) is 6.04 Å². The Morgan fingerprint density at radius 3 is 3.09 bits per heavy atom. The van der Waals surface area contributed by atoms with Crippen molar-refractivity contribution >= 4 is 22.9 Å². The average Bonchev–Trinajstić information content (AvgIpc) is 2.04. The van der Waals surface area contributed by atoms with Gasteiger partial charge in [-0.2, -0.15) is 0 Å². The van der Waals surface area contributed by atoms with Crippen molar-refractivity contribution in [3.05, 3.63) is 0 Å². The Kier molecular flexibility index (Phi) is 2.65. The Morgan fingerprint density at radius 2 is 2.18 bits per heavy atom.